The first-order valence-electron chi connectivity index (χ1n) is 6.82. The van der Waals surface area contributed by atoms with Gasteiger partial charge in [-0.05, 0) is 44.0 Å². The molecule has 0 aliphatic carbocycles. The second-order valence-electron chi connectivity index (χ2n) is 4.96. The number of aryl methyl sites for hydroxylation is 2. The van der Waals surface area contributed by atoms with Crippen LogP contribution in [0.2, 0.25) is 0 Å². The predicted molar refractivity (Wildman–Crippen MR) is 77.3 cm³/mol. The summed E-state index contributed by atoms with van der Waals surface area (Å²) in [7, 11) is 2.03. The van der Waals surface area contributed by atoms with Crippen LogP contribution in [0.25, 0.3) is 0 Å². The van der Waals surface area contributed by atoms with Crippen molar-refractivity contribution in [1.29, 1.82) is 0 Å². The molecule has 0 aliphatic heterocycles. The lowest BCUT2D eigenvalue weighted by atomic mass is 10.1. The van der Waals surface area contributed by atoms with E-state index in [4.69, 9.17) is 4.42 Å². The van der Waals surface area contributed by atoms with Gasteiger partial charge < -0.3 is 19.6 Å². The number of nitrogens with one attached hydrogen (secondary N) is 2. The van der Waals surface area contributed by atoms with E-state index in [0.717, 1.165) is 18.6 Å². The molecule has 5 heteroatoms. The van der Waals surface area contributed by atoms with Gasteiger partial charge in [0, 0.05) is 25.0 Å². The Balaban J connectivity index is 1.67. The van der Waals surface area contributed by atoms with Gasteiger partial charge in [0.25, 0.3) is 0 Å². The second kappa shape index (κ2) is 6.84. The minimum atomic E-state index is -0.166. The average molecular weight is 275 g/mol. The molecule has 0 fully saturated rings. The average Bonchev–Trinajstić information content (AvgIpc) is 3.05. The summed E-state index contributed by atoms with van der Waals surface area (Å²) in [5, 5.41) is 5.69. The van der Waals surface area contributed by atoms with Crippen LogP contribution in [0, 0.1) is 0 Å². The molecular formula is C15H21N3O2. The summed E-state index contributed by atoms with van der Waals surface area (Å²) in [5.41, 5.74) is 1.27. The van der Waals surface area contributed by atoms with Crippen molar-refractivity contribution in [3.05, 3.63) is 48.2 Å². The van der Waals surface area contributed by atoms with Crippen molar-refractivity contribution in [3.8, 4) is 0 Å². The van der Waals surface area contributed by atoms with Crippen molar-refractivity contribution in [2.24, 2.45) is 7.05 Å². The Morgan fingerprint density at radius 3 is 2.90 bits per heavy atom. The van der Waals surface area contributed by atoms with Crippen LogP contribution in [-0.2, 0) is 20.0 Å². The Labute approximate surface area is 119 Å². The van der Waals surface area contributed by atoms with Crippen LogP contribution in [0.3, 0.4) is 0 Å². The van der Waals surface area contributed by atoms with Gasteiger partial charge in [0.1, 0.15) is 5.76 Å². The molecule has 5 nitrogen and oxygen atoms in total. The van der Waals surface area contributed by atoms with Crippen LogP contribution in [0.5, 0.6) is 0 Å². The van der Waals surface area contributed by atoms with Crippen molar-refractivity contribution in [2.45, 2.75) is 32.4 Å². The number of hydrogen-bond acceptors (Lipinski definition) is 2. The van der Waals surface area contributed by atoms with Crippen LogP contribution in [-0.4, -0.2) is 16.6 Å². The van der Waals surface area contributed by atoms with Gasteiger partial charge in [-0.15, -0.1) is 0 Å². The number of aromatic nitrogens is 1. The minimum absolute atomic E-state index is 0.126. The van der Waals surface area contributed by atoms with E-state index in [1.807, 2.05) is 32.3 Å². The normalized spacial score (nSPS) is 12.1. The lowest BCUT2D eigenvalue weighted by Gasteiger charge is -2.14. The molecule has 1 atom stereocenters. The molecule has 108 valence electrons. The van der Waals surface area contributed by atoms with Gasteiger partial charge in [-0.2, -0.15) is 0 Å². The molecule has 0 saturated heterocycles. The third kappa shape index (κ3) is 4.19. The molecule has 0 aromatic carbocycles. The molecule has 2 aromatic heterocycles. The molecule has 0 radical (unpaired) electrons. The van der Waals surface area contributed by atoms with E-state index < -0.39 is 0 Å². The topological polar surface area (TPSA) is 59.2 Å². The molecule has 0 bridgehead atoms. The van der Waals surface area contributed by atoms with E-state index in [2.05, 4.69) is 21.3 Å². The number of furan rings is 1. The van der Waals surface area contributed by atoms with Crippen molar-refractivity contribution in [3.63, 3.8) is 0 Å². The van der Waals surface area contributed by atoms with Gasteiger partial charge >= 0.3 is 6.03 Å². The van der Waals surface area contributed by atoms with Crippen molar-refractivity contribution in [1.82, 2.24) is 15.2 Å². The summed E-state index contributed by atoms with van der Waals surface area (Å²) >= 11 is 0. The lowest BCUT2D eigenvalue weighted by Crippen LogP contribution is -2.40. The highest BCUT2D eigenvalue weighted by molar-refractivity contribution is 5.74. The molecule has 0 saturated carbocycles. The molecule has 1 unspecified atom stereocenters. The van der Waals surface area contributed by atoms with Crippen molar-refractivity contribution in [2.75, 3.05) is 0 Å². The summed E-state index contributed by atoms with van der Waals surface area (Å²) in [6.45, 7) is 2.42. The molecule has 2 amide bonds. The standard InChI is InChI=1S/C15H21N3O2/c1-12(7-8-13-5-3-9-18(13)2)17-15(19)16-11-14-6-4-10-20-14/h3-6,9-10,12H,7-8,11H2,1-2H3,(H2,16,17,19). The van der Waals surface area contributed by atoms with E-state index in [-0.39, 0.29) is 12.1 Å². The molecule has 0 aliphatic rings. The number of nitrogens with zero attached hydrogens (tertiary/aromatic N) is 1. The molecule has 2 N–H and O–H groups in total. The van der Waals surface area contributed by atoms with Gasteiger partial charge in [-0.3, -0.25) is 0 Å². The summed E-state index contributed by atoms with van der Waals surface area (Å²) < 4.78 is 7.25. The van der Waals surface area contributed by atoms with Gasteiger partial charge in [0.05, 0.1) is 12.8 Å². The molecule has 20 heavy (non-hydrogen) atoms. The zero-order chi connectivity index (χ0) is 14.4. The Hall–Kier alpha value is -2.17. The van der Waals surface area contributed by atoms with Crippen molar-refractivity contribution >= 4 is 6.03 Å². The van der Waals surface area contributed by atoms with Crippen LogP contribution < -0.4 is 10.6 Å². The van der Waals surface area contributed by atoms with Crippen LogP contribution in [0.15, 0.2) is 41.1 Å². The third-order valence-corrected chi connectivity index (χ3v) is 3.27. The van der Waals surface area contributed by atoms with E-state index in [1.54, 1.807) is 12.3 Å². The largest absolute Gasteiger partial charge is 0.467 e. The quantitative estimate of drug-likeness (QED) is 0.850. The predicted octanol–water partition coefficient (Wildman–Crippen LogP) is 2.44. The van der Waals surface area contributed by atoms with Crippen LogP contribution in [0.4, 0.5) is 4.79 Å². The van der Waals surface area contributed by atoms with E-state index in [1.165, 1.54) is 5.69 Å². The maximum absolute atomic E-state index is 11.7. The highest BCUT2D eigenvalue weighted by Gasteiger charge is 2.08. The molecule has 2 aromatic rings. The number of amides is 2. The first-order chi connectivity index (χ1) is 9.65. The Kier molecular flexibility index (Phi) is 4.87. The van der Waals surface area contributed by atoms with Gasteiger partial charge in [0.15, 0.2) is 0 Å². The summed E-state index contributed by atoms with van der Waals surface area (Å²) in [6.07, 6.45) is 5.48. The fourth-order valence-corrected chi connectivity index (χ4v) is 2.05. The smallest absolute Gasteiger partial charge is 0.315 e. The maximum atomic E-state index is 11.7. The Morgan fingerprint density at radius 2 is 2.25 bits per heavy atom. The maximum Gasteiger partial charge on any atom is 0.315 e. The number of carbonyl (C=O) groups is 1. The van der Waals surface area contributed by atoms with Gasteiger partial charge in [-0.25, -0.2) is 4.79 Å². The van der Waals surface area contributed by atoms with Gasteiger partial charge in [-0.1, -0.05) is 0 Å². The van der Waals surface area contributed by atoms with Gasteiger partial charge in [0.2, 0.25) is 0 Å². The molecule has 2 rings (SSSR count). The fourth-order valence-electron chi connectivity index (χ4n) is 2.05. The molecule has 2 heterocycles. The van der Waals surface area contributed by atoms with Crippen LogP contribution >= 0.6 is 0 Å². The zero-order valence-corrected chi connectivity index (χ0v) is 11.9. The molecular weight excluding hydrogens is 254 g/mol. The number of rotatable bonds is 6. The number of urea groups is 1. The monoisotopic (exact) mass is 275 g/mol. The molecule has 0 spiro atoms. The number of carbonyl (C=O) groups excluding carboxylic acids is 1. The fraction of sp³-hybridized carbons (Fsp3) is 0.400. The van der Waals surface area contributed by atoms with Crippen LogP contribution in [0.1, 0.15) is 24.8 Å². The minimum Gasteiger partial charge on any atom is -0.467 e. The van der Waals surface area contributed by atoms with E-state index in [0.29, 0.717) is 6.54 Å². The zero-order valence-electron chi connectivity index (χ0n) is 11.9. The third-order valence-electron chi connectivity index (χ3n) is 3.27. The first-order valence-corrected chi connectivity index (χ1v) is 6.82. The van der Waals surface area contributed by atoms with E-state index in [9.17, 15) is 4.79 Å². The Morgan fingerprint density at radius 1 is 1.40 bits per heavy atom. The highest BCUT2D eigenvalue weighted by Crippen LogP contribution is 2.05. The van der Waals surface area contributed by atoms with Crippen molar-refractivity contribution < 1.29 is 9.21 Å². The first kappa shape index (κ1) is 14.2. The summed E-state index contributed by atoms with van der Waals surface area (Å²) in [6, 6.07) is 7.73. The van der Waals surface area contributed by atoms with E-state index >= 15 is 0 Å². The SMILES string of the molecule is CC(CCc1cccn1C)NC(=O)NCc1ccco1. The highest BCUT2D eigenvalue weighted by atomic mass is 16.3. The number of hydrogen-bond donors (Lipinski definition) is 2. The second-order valence-corrected chi connectivity index (χ2v) is 4.96. The summed E-state index contributed by atoms with van der Waals surface area (Å²) in [4.78, 5) is 11.7. The summed E-state index contributed by atoms with van der Waals surface area (Å²) in [5.74, 6) is 0.747. The Bertz CT molecular complexity index is 531. The lowest BCUT2D eigenvalue weighted by molar-refractivity contribution is 0.236.